The third-order valence-electron chi connectivity index (χ3n) is 2.87. The van der Waals surface area contributed by atoms with Gasteiger partial charge in [-0.25, -0.2) is 4.79 Å². The van der Waals surface area contributed by atoms with E-state index in [4.69, 9.17) is 9.84 Å². The van der Waals surface area contributed by atoms with Gasteiger partial charge in [0.05, 0.1) is 5.56 Å². The highest BCUT2D eigenvalue weighted by Crippen LogP contribution is 2.16. The Morgan fingerprint density at radius 3 is 2.50 bits per heavy atom. The summed E-state index contributed by atoms with van der Waals surface area (Å²) in [6.07, 6.45) is 2.34. The van der Waals surface area contributed by atoms with E-state index in [1.165, 1.54) is 12.1 Å². The highest BCUT2D eigenvalue weighted by Gasteiger charge is 2.21. The van der Waals surface area contributed by atoms with E-state index in [0.717, 1.165) is 19.3 Å². The van der Waals surface area contributed by atoms with E-state index in [0.29, 0.717) is 12.3 Å². The highest BCUT2D eigenvalue weighted by molar-refractivity contribution is 5.95. The highest BCUT2D eigenvalue weighted by atomic mass is 16.5. The van der Waals surface area contributed by atoms with E-state index in [2.05, 4.69) is 5.32 Å². The van der Waals surface area contributed by atoms with Crippen molar-refractivity contribution in [2.24, 2.45) is 0 Å². The van der Waals surface area contributed by atoms with E-state index in [1.54, 1.807) is 12.1 Å². The van der Waals surface area contributed by atoms with Crippen LogP contribution in [-0.2, 0) is 9.53 Å². The Labute approximate surface area is 105 Å². The summed E-state index contributed by atoms with van der Waals surface area (Å²) in [5, 5.41) is 11.5. The van der Waals surface area contributed by atoms with Crippen LogP contribution < -0.4 is 5.32 Å². The van der Waals surface area contributed by atoms with Crippen molar-refractivity contribution in [3.05, 3.63) is 29.8 Å². The Bertz CT molecular complexity index is 435. The minimum atomic E-state index is -0.983. The normalized spacial score (nSPS) is 19.2. The summed E-state index contributed by atoms with van der Waals surface area (Å²) in [7, 11) is 0. The average Bonchev–Trinajstić information content (AvgIpc) is 2.40. The minimum Gasteiger partial charge on any atom is -0.478 e. The van der Waals surface area contributed by atoms with Gasteiger partial charge in [0.25, 0.3) is 5.91 Å². The second kappa shape index (κ2) is 5.64. The Hall–Kier alpha value is -1.88. The molecule has 1 aromatic carbocycles. The van der Waals surface area contributed by atoms with E-state index >= 15 is 0 Å². The molecule has 1 atom stereocenters. The van der Waals surface area contributed by atoms with E-state index in [9.17, 15) is 9.59 Å². The van der Waals surface area contributed by atoms with Crippen molar-refractivity contribution in [1.29, 1.82) is 0 Å². The van der Waals surface area contributed by atoms with Gasteiger partial charge >= 0.3 is 5.97 Å². The Balaban J connectivity index is 1.96. The van der Waals surface area contributed by atoms with Gasteiger partial charge in [0.1, 0.15) is 6.10 Å². The fourth-order valence-electron chi connectivity index (χ4n) is 1.87. The maximum atomic E-state index is 11.8. The number of carbonyl (C=O) groups is 2. The van der Waals surface area contributed by atoms with Crippen molar-refractivity contribution < 1.29 is 19.4 Å². The van der Waals surface area contributed by atoms with Crippen LogP contribution in [0.15, 0.2) is 24.3 Å². The first-order valence-corrected chi connectivity index (χ1v) is 5.92. The smallest absolute Gasteiger partial charge is 0.335 e. The summed E-state index contributed by atoms with van der Waals surface area (Å²) in [6.45, 7) is 0.621. The van der Waals surface area contributed by atoms with Crippen LogP contribution >= 0.6 is 0 Å². The molecule has 0 bridgehead atoms. The first-order chi connectivity index (χ1) is 8.66. The molecule has 96 valence electrons. The SMILES string of the molecule is O=C(O)c1ccc(NC(=O)[C@@H]2CCCCO2)cc1. The molecule has 0 radical (unpaired) electrons. The number of rotatable bonds is 3. The van der Waals surface area contributed by atoms with Gasteiger partial charge in [-0.3, -0.25) is 4.79 Å². The van der Waals surface area contributed by atoms with Crippen LogP contribution in [0.1, 0.15) is 29.6 Å². The van der Waals surface area contributed by atoms with Gasteiger partial charge in [0, 0.05) is 12.3 Å². The molecule has 2 rings (SSSR count). The second-order valence-corrected chi connectivity index (χ2v) is 4.23. The van der Waals surface area contributed by atoms with Crippen molar-refractivity contribution in [1.82, 2.24) is 0 Å². The van der Waals surface area contributed by atoms with E-state index in [-0.39, 0.29) is 11.5 Å². The maximum absolute atomic E-state index is 11.8. The molecule has 1 saturated heterocycles. The number of amides is 1. The predicted octanol–water partition coefficient (Wildman–Crippen LogP) is 1.89. The molecule has 0 aromatic heterocycles. The summed E-state index contributed by atoms with van der Waals surface area (Å²) in [5.74, 6) is -1.15. The van der Waals surface area contributed by atoms with E-state index in [1.807, 2.05) is 0 Å². The number of hydrogen-bond acceptors (Lipinski definition) is 3. The Morgan fingerprint density at radius 2 is 1.94 bits per heavy atom. The number of anilines is 1. The molecule has 5 heteroatoms. The van der Waals surface area contributed by atoms with Crippen LogP contribution in [0, 0.1) is 0 Å². The monoisotopic (exact) mass is 249 g/mol. The number of aromatic carboxylic acids is 1. The molecule has 1 heterocycles. The number of carboxylic acids is 1. The molecule has 0 aliphatic carbocycles. The zero-order valence-corrected chi connectivity index (χ0v) is 9.89. The first-order valence-electron chi connectivity index (χ1n) is 5.92. The lowest BCUT2D eigenvalue weighted by molar-refractivity contribution is -0.129. The fraction of sp³-hybridized carbons (Fsp3) is 0.385. The molecule has 5 nitrogen and oxygen atoms in total. The largest absolute Gasteiger partial charge is 0.478 e. The number of hydrogen-bond donors (Lipinski definition) is 2. The van der Waals surface area contributed by atoms with Gasteiger partial charge in [0.15, 0.2) is 0 Å². The number of benzene rings is 1. The molecule has 1 aromatic rings. The number of carbonyl (C=O) groups excluding carboxylic acids is 1. The molecule has 18 heavy (non-hydrogen) atoms. The fourth-order valence-corrected chi connectivity index (χ4v) is 1.87. The maximum Gasteiger partial charge on any atom is 0.335 e. The zero-order chi connectivity index (χ0) is 13.0. The van der Waals surface area contributed by atoms with Crippen LogP contribution in [-0.4, -0.2) is 29.7 Å². The van der Waals surface area contributed by atoms with Crippen LogP contribution in [0.2, 0.25) is 0 Å². The molecular formula is C13H15NO4. The molecule has 0 unspecified atom stereocenters. The molecule has 1 aliphatic rings. The van der Waals surface area contributed by atoms with Gasteiger partial charge in [-0.05, 0) is 43.5 Å². The molecular weight excluding hydrogens is 234 g/mol. The molecule has 0 saturated carbocycles. The van der Waals surface area contributed by atoms with E-state index < -0.39 is 12.1 Å². The zero-order valence-electron chi connectivity index (χ0n) is 9.89. The van der Waals surface area contributed by atoms with Crippen molar-refractivity contribution in [3.8, 4) is 0 Å². The van der Waals surface area contributed by atoms with Gasteiger partial charge in [-0.2, -0.15) is 0 Å². The predicted molar refractivity (Wildman–Crippen MR) is 65.6 cm³/mol. The molecule has 0 spiro atoms. The summed E-state index contributed by atoms with van der Waals surface area (Å²) in [4.78, 5) is 22.5. The Morgan fingerprint density at radius 1 is 1.22 bits per heavy atom. The lowest BCUT2D eigenvalue weighted by Crippen LogP contribution is -2.33. The lowest BCUT2D eigenvalue weighted by atomic mass is 10.1. The van der Waals surface area contributed by atoms with Crippen molar-refractivity contribution in [3.63, 3.8) is 0 Å². The molecule has 1 amide bonds. The third kappa shape index (κ3) is 3.07. The standard InChI is InChI=1S/C13H15NO4/c15-12(11-3-1-2-8-18-11)14-10-6-4-9(5-7-10)13(16)17/h4-7,11H,1-3,8H2,(H,14,15)(H,16,17)/t11-/m0/s1. The summed E-state index contributed by atoms with van der Waals surface area (Å²) < 4.78 is 5.37. The van der Waals surface area contributed by atoms with Gasteiger partial charge in [-0.1, -0.05) is 0 Å². The average molecular weight is 249 g/mol. The van der Waals surface area contributed by atoms with Gasteiger partial charge in [0.2, 0.25) is 0 Å². The topological polar surface area (TPSA) is 75.6 Å². The van der Waals surface area contributed by atoms with Gasteiger partial charge < -0.3 is 15.2 Å². The second-order valence-electron chi connectivity index (χ2n) is 4.23. The van der Waals surface area contributed by atoms with Crippen LogP contribution in [0.4, 0.5) is 5.69 Å². The minimum absolute atomic E-state index is 0.169. The van der Waals surface area contributed by atoms with Gasteiger partial charge in [-0.15, -0.1) is 0 Å². The van der Waals surface area contributed by atoms with Crippen LogP contribution in [0.3, 0.4) is 0 Å². The number of ether oxygens (including phenoxy) is 1. The summed E-state index contributed by atoms with van der Waals surface area (Å²) in [5.41, 5.74) is 0.779. The summed E-state index contributed by atoms with van der Waals surface area (Å²) in [6, 6.07) is 6.06. The quantitative estimate of drug-likeness (QED) is 0.857. The molecule has 1 fully saturated rings. The van der Waals surface area contributed by atoms with Crippen LogP contribution in [0.5, 0.6) is 0 Å². The number of carboxylic acid groups (broad SMARTS) is 1. The molecule has 2 N–H and O–H groups in total. The third-order valence-corrected chi connectivity index (χ3v) is 2.87. The lowest BCUT2D eigenvalue weighted by Gasteiger charge is -2.21. The van der Waals surface area contributed by atoms with Crippen molar-refractivity contribution >= 4 is 17.6 Å². The van der Waals surface area contributed by atoms with Crippen LogP contribution in [0.25, 0.3) is 0 Å². The van der Waals surface area contributed by atoms with Crippen molar-refractivity contribution in [2.75, 3.05) is 11.9 Å². The van der Waals surface area contributed by atoms with Crippen molar-refractivity contribution in [2.45, 2.75) is 25.4 Å². The Kier molecular flexibility index (Phi) is 3.94. The summed E-state index contributed by atoms with van der Waals surface area (Å²) >= 11 is 0. The number of nitrogens with one attached hydrogen (secondary N) is 1. The first kappa shape index (κ1) is 12.6. The molecule has 1 aliphatic heterocycles.